The Bertz CT molecular complexity index is 910. The Kier molecular flexibility index (Phi) is 9.33. The van der Waals surface area contributed by atoms with Gasteiger partial charge in [-0.25, -0.2) is 0 Å². The first-order valence-corrected chi connectivity index (χ1v) is 10.6. The fourth-order valence-corrected chi connectivity index (χ4v) is 3.70. The number of fused-ring (bicyclic) bond motifs is 3. The van der Waals surface area contributed by atoms with Gasteiger partial charge < -0.3 is 0 Å². The first-order chi connectivity index (χ1) is 12.3. The summed E-state index contributed by atoms with van der Waals surface area (Å²) in [5, 5.41) is 0. The summed E-state index contributed by atoms with van der Waals surface area (Å²) in [4.78, 5) is 0. The van der Waals surface area contributed by atoms with Gasteiger partial charge in [-0.2, -0.15) is 0 Å². The number of allylic oxidation sites excluding steroid dienone is 4. The van der Waals surface area contributed by atoms with Crippen LogP contribution in [-0.2, 0) is 30.7 Å². The molecule has 0 saturated carbocycles. The van der Waals surface area contributed by atoms with Crippen molar-refractivity contribution in [3.05, 3.63) is 76.9 Å². The van der Waals surface area contributed by atoms with E-state index >= 15 is 0 Å². The zero-order valence-corrected chi connectivity index (χ0v) is 21.4. The number of rotatable bonds is 1. The van der Waals surface area contributed by atoms with E-state index in [1.807, 2.05) is 0 Å². The van der Waals surface area contributed by atoms with Gasteiger partial charge in [-0.05, 0) is 23.8 Å². The minimum atomic E-state index is 0. The zero-order chi connectivity index (χ0) is 18.9. The smallest absolute Gasteiger partial charge is 0.147 e. The van der Waals surface area contributed by atoms with Gasteiger partial charge >= 0.3 is 41.3 Å². The molecule has 0 spiro atoms. The first kappa shape index (κ1) is 25.3. The summed E-state index contributed by atoms with van der Waals surface area (Å²) in [5.74, 6) is 0. The van der Waals surface area contributed by atoms with Crippen LogP contribution in [0.3, 0.4) is 0 Å². The van der Waals surface area contributed by atoms with Crippen LogP contribution in [0.5, 0.6) is 0 Å². The predicted molar refractivity (Wildman–Crippen MR) is 125 cm³/mol. The third-order valence-corrected chi connectivity index (χ3v) is 4.77. The quantitative estimate of drug-likeness (QED) is 0.311. The molecule has 0 atom stereocenters. The van der Waals surface area contributed by atoms with Crippen LogP contribution in [0.1, 0.15) is 57.7 Å². The molecule has 0 unspecified atom stereocenters. The summed E-state index contributed by atoms with van der Waals surface area (Å²) in [6.07, 6.45) is 6.64. The van der Waals surface area contributed by atoms with Crippen LogP contribution in [0.2, 0.25) is 0 Å². The van der Waals surface area contributed by atoms with Gasteiger partial charge in [0.05, 0.1) is 0 Å². The second-order valence-electron chi connectivity index (χ2n) is 8.35. The molecule has 0 amide bonds. The van der Waals surface area contributed by atoms with Crippen LogP contribution in [0.4, 0.5) is 0 Å². The van der Waals surface area contributed by atoms with Crippen molar-refractivity contribution in [1.29, 1.82) is 0 Å². The maximum absolute atomic E-state index is 3.72. The largest absolute Gasteiger partial charge is 0.147 e. The van der Waals surface area contributed by atoms with Gasteiger partial charge in [0.15, 0.2) is 0 Å². The van der Waals surface area contributed by atoms with E-state index in [0.717, 1.165) is 12.8 Å². The number of halogens is 2. The fraction of sp³-hybridized carbons (Fsp3) is 0.320. The Labute approximate surface area is 197 Å². The van der Waals surface area contributed by atoms with Gasteiger partial charge in [0.1, 0.15) is 0 Å². The van der Waals surface area contributed by atoms with Gasteiger partial charge in [0.2, 0.25) is 0 Å². The second kappa shape index (κ2) is 10.3. The molecule has 0 heterocycles. The molecule has 2 aliphatic carbocycles. The van der Waals surface area contributed by atoms with Crippen molar-refractivity contribution in [1.82, 2.24) is 0 Å². The van der Waals surface area contributed by atoms with E-state index in [1.165, 1.54) is 42.2 Å². The predicted octanol–water partition coefficient (Wildman–Crippen LogP) is 7.41. The van der Waals surface area contributed by atoms with Crippen molar-refractivity contribution < 1.29 is 24.2 Å². The van der Waals surface area contributed by atoms with E-state index in [4.69, 9.17) is 0 Å². The Morgan fingerprint density at radius 3 is 2.25 bits per heavy atom. The van der Waals surface area contributed by atoms with E-state index in [1.54, 1.807) is 24.2 Å². The van der Waals surface area contributed by atoms with Crippen LogP contribution in [-0.4, -0.2) is 3.21 Å². The van der Waals surface area contributed by atoms with Crippen LogP contribution >= 0.6 is 24.8 Å². The average molecular weight is 492 g/mol. The van der Waals surface area contributed by atoms with Crippen molar-refractivity contribution >= 4 is 33.6 Å². The number of hydrogen-bond acceptors (Lipinski definition) is 0. The maximum Gasteiger partial charge on any atom is -0.147 e. The first-order valence-electron chi connectivity index (χ1n) is 9.33. The van der Waals surface area contributed by atoms with E-state index in [0.29, 0.717) is 0 Å². The van der Waals surface area contributed by atoms with Gasteiger partial charge in [0.25, 0.3) is 0 Å². The molecule has 0 aliphatic heterocycles. The van der Waals surface area contributed by atoms with Crippen LogP contribution in [0.25, 0.3) is 16.7 Å². The fourth-order valence-electron chi connectivity index (χ4n) is 3.70. The van der Waals surface area contributed by atoms with Gasteiger partial charge in [0, 0.05) is 0 Å². The normalized spacial score (nSPS) is 13.6. The number of hydrogen-bond donors (Lipinski definition) is 0. The third kappa shape index (κ3) is 5.65. The summed E-state index contributed by atoms with van der Waals surface area (Å²) < 4.78 is 1.51. The summed E-state index contributed by atoms with van der Waals surface area (Å²) in [5.41, 5.74) is 9.91. The van der Waals surface area contributed by atoms with E-state index in [9.17, 15) is 0 Å². The van der Waals surface area contributed by atoms with Crippen molar-refractivity contribution in [3.63, 3.8) is 0 Å². The van der Waals surface area contributed by atoms with E-state index in [-0.39, 0.29) is 30.2 Å². The third-order valence-electron chi connectivity index (χ3n) is 4.77. The Morgan fingerprint density at radius 1 is 0.964 bits per heavy atom. The summed E-state index contributed by atoms with van der Waals surface area (Å²) in [6, 6.07) is 17.0. The summed E-state index contributed by atoms with van der Waals surface area (Å²) in [7, 11) is 0. The molecular formula is C25H29Cl2Zr-. The molecule has 0 N–H and O–H groups in total. The zero-order valence-electron chi connectivity index (χ0n) is 17.3. The molecule has 2 aromatic carbocycles. The van der Waals surface area contributed by atoms with Crippen molar-refractivity contribution in [2.45, 2.75) is 47.5 Å². The molecule has 148 valence electrons. The van der Waals surface area contributed by atoms with Crippen LogP contribution in [0.15, 0.2) is 54.1 Å². The molecule has 2 aliphatic rings. The topological polar surface area (TPSA) is 0 Å². The Hall–Kier alpha value is -0.747. The van der Waals surface area contributed by atoms with E-state index in [2.05, 4.69) is 89.2 Å². The SMILES string of the molecule is CC(C)(C)C1=C(c2[c-]c3c(cc2)-c2ccccc2C3)CC=C1.C[C](C)=[Zr].Cl.Cl. The Morgan fingerprint density at radius 2 is 1.61 bits per heavy atom. The van der Waals surface area contributed by atoms with Crippen LogP contribution < -0.4 is 0 Å². The second-order valence-corrected chi connectivity index (χ2v) is 10.8. The molecular weight excluding hydrogens is 462 g/mol. The molecule has 3 heteroatoms. The van der Waals surface area contributed by atoms with Gasteiger partial charge in [-0.3, -0.25) is 0 Å². The van der Waals surface area contributed by atoms with E-state index < -0.39 is 0 Å². The van der Waals surface area contributed by atoms with Crippen molar-refractivity contribution in [2.24, 2.45) is 5.41 Å². The molecule has 0 nitrogen and oxygen atoms in total. The molecule has 0 saturated heterocycles. The monoisotopic (exact) mass is 489 g/mol. The molecule has 4 rings (SSSR count). The molecule has 28 heavy (non-hydrogen) atoms. The van der Waals surface area contributed by atoms with Gasteiger partial charge in [-0.15, -0.1) is 59.7 Å². The van der Waals surface area contributed by atoms with Crippen molar-refractivity contribution in [3.8, 4) is 11.1 Å². The maximum atomic E-state index is 3.72. The summed E-state index contributed by atoms with van der Waals surface area (Å²) in [6.45, 7) is 11.1. The standard InChI is InChI=1S/C22H21.C3H6.2ClH.Zr/c1-22(2,3)21-10-6-9-20(21)16-11-12-19-17(14-16)13-15-7-4-5-8-18(15)19;1-3-2;;;/h4-8,10-12H,9,13H2,1-3H3;1-2H3;2*1H;/q-1;;;;. The van der Waals surface area contributed by atoms with Crippen LogP contribution in [0, 0.1) is 11.5 Å². The van der Waals surface area contributed by atoms with Crippen molar-refractivity contribution in [2.75, 3.05) is 0 Å². The van der Waals surface area contributed by atoms with Gasteiger partial charge in [-0.1, -0.05) is 73.9 Å². The average Bonchev–Trinajstić information content (AvgIpc) is 3.18. The minimum Gasteiger partial charge on any atom is -0.147 e. The minimum absolute atomic E-state index is 0. The Balaban J connectivity index is 0.000000601. The number of benzene rings is 2. The molecule has 2 aromatic rings. The molecule has 0 radical (unpaired) electrons. The molecule has 0 aromatic heterocycles. The molecule has 0 fully saturated rings. The summed E-state index contributed by atoms with van der Waals surface area (Å²) >= 11 is 1.55. The molecule has 0 bridgehead atoms.